The second-order valence-electron chi connectivity index (χ2n) is 16.6. The molecule has 1 saturated carbocycles. The van der Waals surface area contributed by atoms with Gasteiger partial charge in [0.15, 0.2) is 0 Å². The first-order valence-corrected chi connectivity index (χ1v) is 19.5. The largest absolute Gasteiger partial charge is 0.508 e. The zero-order chi connectivity index (χ0) is 37.0. The zero-order valence-corrected chi connectivity index (χ0v) is 31.5. The summed E-state index contributed by atoms with van der Waals surface area (Å²) >= 11 is 0. The summed E-state index contributed by atoms with van der Waals surface area (Å²) in [5, 5.41) is 25.7. The number of fused-ring (bicyclic) bond motifs is 9. The summed E-state index contributed by atoms with van der Waals surface area (Å²) in [6.07, 6.45) is 6.71. The molecule has 9 atom stereocenters. The first-order chi connectivity index (χ1) is 25.7. The fourth-order valence-corrected chi connectivity index (χ4v) is 12.5. The lowest BCUT2D eigenvalue weighted by molar-refractivity contribution is -0.169. The van der Waals surface area contributed by atoms with Gasteiger partial charge in [0.05, 0.1) is 26.3 Å². The predicted molar refractivity (Wildman–Crippen MR) is 203 cm³/mol. The number of nitrogens with one attached hydrogen (secondary N) is 2. The quantitative estimate of drug-likeness (QED) is 0.156. The molecule has 3 saturated heterocycles. The number of carbonyl (C=O) groups is 2. The number of carbonyl (C=O) groups excluding carboxylic acids is 2. The number of piperidine rings is 3. The van der Waals surface area contributed by atoms with Gasteiger partial charge in [0.1, 0.15) is 16.6 Å². The average Bonchev–Trinajstić information content (AvgIpc) is 3.71. The average molecular weight is 721 g/mol. The topological polar surface area (TPSA) is 131 Å². The number of benzene rings is 2. The standard InChI is InChI=1S/C43H52N4O6/c1-6-24-16-23-19-42(40(50)52-4)38-28(14-15-47(20-23)39(24)42)27-12-13-33(49)35(37(27)45-38)30-17-31-25(7-2)21-46(3)34(43(31,22-48)41(51)53-5)18-29-26-10-8-9-11-32(26)44-36(29)30/h7-13,23-24,30-31,34,39,44-45,48-49H,6,14-22H2,1-5H3/b25-7-/t23-,24+,30-,31+,34+,39+,42-,43+/m1/s1. The van der Waals surface area contributed by atoms with Gasteiger partial charge in [-0.15, -0.1) is 0 Å². The molecule has 6 aliphatic rings. The Kier molecular flexibility index (Phi) is 8.15. The molecule has 4 N–H and O–H groups in total. The van der Waals surface area contributed by atoms with Gasteiger partial charge in [-0.1, -0.05) is 43.2 Å². The van der Waals surface area contributed by atoms with Gasteiger partial charge in [-0.25, -0.2) is 0 Å². The van der Waals surface area contributed by atoms with E-state index in [1.165, 1.54) is 14.2 Å². The number of phenolic OH excluding ortho intramolecular Hbond substituents is 1. The van der Waals surface area contributed by atoms with Crippen molar-refractivity contribution in [2.24, 2.45) is 23.2 Å². The van der Waals surface area contributed by atoms with Gasteiger partial charge in [-0.2, -0.15) is 0 Å². The van der Waals surface area contributed by atoms with E-state index in [1.54, 1.807) is 0 Å². The van der Waals surface area contributed by atoms with Crippen LogP contribution in [0.4, 0.5) is 0 Å². The molecule has 2 aromatic carbocycles. The molecule has 4 aromatic rings. The van der Waals surface area contributed by atoms with Crippen molar-refractivity contribution in [1.82, 2.24) is 19.8 Å². The summed E-state index contributed by atoms with van der Waals surface area (Å²) < 4.78 is 11.3. The summed E-state index contributed by atoms with van der Waals surface area (Å²) in [7, 11) is 4.96. The third kappa shape index (κ3) is 4.55. The Hall–Kier alpha value is -4.12. The molecule has 2 aliphatic carbocycles. The van der Waals surface area contributed by atoms with Crippen LogP contribution in [0.1, 0.15) is 73.5 Å². The Labute approximate surface area is 310 Å². The third-order valence-electron chi connectivity index (χ3n) is 14.6. The predicted octanol–water partition coefficient (Wildman–Crippen LogP) is 5.55. The molecule has 1 unspecified atom stereocenters. The summed E-state index contributed by atoms with van der Waals surface area (Å²) in [5.41, 5.74) is 5.72. The number of allylic oxidation sites excluding steroid dienone is 1. The molecule has 0 amide bonds. The molecule has 10 heteroatoms. The molecule has 4 fully saturated rings. The van der Waals surface area contributed by atoms with E-state index in [1.807, 2.05) is 38.2 Å². The number of likely N-dealkylation sites (tertiary alicyclic amines) is 1. The highest BCUT2D eigenvalue weighted by Crippen LogP contribution is 2.58. The Morgan fingerprint density at radius 2 is 1.83 bits per heavy atom. The summed E-state index contributed by atoms with van der Waals surface area (Å²) in [6.45, 7) is 6.40. The van der Waals surface area contributed by atoms with Crippen LogP contribution in [0.2, 0.25) is 0 Å². The van der Waals surface area contributed by atoms with Crippen LogP contribution < -0.4 is 0 Å². The number of aromatic nitrogens is 2. The first-order valence-electron chi connectivity index (χ1n) is 19.5. The van der Waals surface area contributed by atoms with Crippen LogP contribution in [0.25, 0.3) is 21.8 Å². The monoisotopic (exact) mass is 720 g/mol. The highest BCUT2D eigenvalue weighted by Gasteiger charge is 2.63. The number of H-pyrrole nitrogens is 2. The van der Waals surface area contributed by atoms with Gasteiger partial charge in [0.2, 0.25) is 0 Å². The minimum Gasteiger partial charge on any atom is -0.508 e. The van der Waals surface area contributed by atoms with Crippen LogP contribution >= 0.6 is 0 Å². The Morgan fingerprint density at radius 3 is 2.57 bits per heavy atom. The number of esters is 2. The van der Waals surface area contributed by atoms with Crippen LogP contribution in [0.5, 0.6) is 5.75 Å². The molecule has 10 nitrogen and oxygen atoms in total. The number of aromatic hydroxyl groups is 1. The molecule has 4 aliphatic heterocycles. The van der Waals surface area contributed by atoms with Crippen LogP contribution in [-0.4, -0.2) is 102 Å². The minimum atomic E-state index is -1.23. The maximum atomic E-state index is 14.4. The number of para-hydroxylation sites is 1. The number of rotatable bonds is 5. The maximum absolute atomic E-state index is 14.4. The Balaban J connectivity index is 1.33. The molecule has 6 bridgehead atoms. The van der Waals surface area contributed by atoms with Gasteiger partial charge >= 0.3 is 11.9 Å². The SMILES string of the molecule is C/C=C1/CN(C)[C@H]2Cc3c([nH]c4ccccc34)[C@@H](c3c(O)ccc4c5c([nH]c34)[C@]3(C(=O)OC)C[C@H]4C[C@H](CC)[C@@H]3N(CC5)C4)C[C@@H]1[C@]2(CO)C(=O)OC. The van der Waals surface area contributed by atoms with Crippen LogP contribution in [-0.2, 0) is 37.3 Å². The van der Waals surface area contributed by atoms with Crippen molar-refractivity contribution in [1.29, 1.82) is 0 Å². The lowest BCUT2D eigenvalue weighted by atomic mass is 9.56. The normalized spacial score (nSPS) is 34.3. The first kappa shape index (κ1) is 34.6. The number of ether oxygens (including phenoxy) is 2. The van der Waals surface area contributed by atoms with Gasteiger partial charge in [-0.05, 0) is 87.2 Å². The number of methoxy groups -OCH3 is 2. The van der Waals surface area contributed by atoms with Crippen molar-refractivity contribution in [2.75, 3.05) is 47.5 Å². The lowest BCUT2D eigenvalue weighted by Gasteiger charge is -2.57. The number of nitrogens with zero attached hydrogens (tertiary/aromatic N) is 2. The summed E-state index contributed by atoms with van der Waals surface area (Å²) in [6, 6.07) is 11.8. The Bertz CT molecular complexity index is 2170. The van der Waals surface area contributed by atoms with Gasteiger partial charge < -0.3 is 29.7 Å². The molecule has 10 rings (SSSR count). The van der Waals surface area contributed by atoms with Gasteiger partial charge in [0.25, 0.3) is 0 Å². The van der Waals surface area contributed by atoms with Crippen LogP contribution in [0.15, 0.2) is 48.0 Å². The van der Waals surface area contributed by atoms with Crippen molar-refractivity contribution in [3.8, 4) is 5.75 Å². The van der Waals surface area contributed by atoms with Crippen LogP contribution in [0.3, 0.4) is 0 Å². The number of hydrogen-bond acceptors (Lipinski definition) is 8. The van der Waals surface area contributed by atoms with Crippen molar-refractivity contribution < 1.29 is 29.3 Å². The molecular weight excluding hydrogens is 668 g/mol. The van der Waals surface area contributed by atoms with Crippen molar-refractivity contribution in [3.05, 3.63) is 76.1 Å². The lowest BCUT2D eigenvalue weighted by Crippen LogP contribution is -2.67. The second-order valence-corrected chi connectivity index (χ2v) is 16.6. The number of aliphatic hydroxyl groups excluding tert-OH is 1. The van der Waals surface area contributed by atoms with Crippen molar-refractivity contribution in [3.63, 3.8) is 0 Å². The molecule has 280 valence electrons. The van der Waals surface area contributed by atoms with E-state index in [0.717, 1.165) is 94.2 Å². The smallest absolute Gasteiger partial charge is 0.319 e. The fourth-order valence-electron chi connectivity index (χ4n) is 12.5. The van der Waals surface area contributed by atoms with Gasteiger partial charge in [0, 0.05) is 76.8 Å². The van der Waals surface area contributed by atoms with E-state index in [4.69, 9.17) is 9.47 Å². The zero-order valence-electron chi connectivity index (χ0n) is 31.5. The second kappa shape index (κ2) is 12.5. The summed E-state index contributed by atoms with van der Waals surface area (Å²) in [5.74, 6) is -0.413. The number of likely N-dealkylation sites (N-methyl/N-ethyl adjacent to an activating group) is 1. The van der Waals surface area contributed by atoms with E-state index >= 15 is 0 Å². The number of phenols is 1. The van der Waals surface area contributed by atoms with E-state index in [0.29, 0.717) is 31.2 Å². The molecule has 0 spiro atoms. The van der Waals surface area contributed by atoms with Crippen LogP contribution in [0, 0.1) is 23.2 Å². The summed E-state index contributed by atoms with van der Waals surface area (Å²) in [4.78, 5) is 41.0. The number of aromatic amines is 2. The number of aliphatic hydroxyl groups is 1. The molecule has 2 aromatic heterocycles. The van der Waals surface area contributed by atoms with E-state index in [2.05, 4.69) is 44.9 Å². The highest BCUT2D eigenvalue weighted by molar-refractivity contribution is 5.95. The maximum Gasteiger partial charge on any atom is 0.319 e. The molecule has 0 radical (unpaired) electrons. The van der Waals surface area contributed by atoms with Crippen molar-refractivity contribution >= 4 is 33.7 Å². The van der Waals surface area contributed by atoms with E-state index in [9.17, 15) is 19.8 Å². The third-order valence-corrected chi connectivity index (χ3v) is 14.6. The van der Waals surface area contributed by atoms with E-state index in [-0.39, 0.29) is 42.2 Å². The molecule has 6 heterocycles. The number of hydrogen-bond donors (Lipinski definition) is 4. The minimum absolute atomic E-state index is 0.0386. The molecule has 53 heavy (non-hydrogen) atoms. The van der Waals surface area contributed by atoms with E-state index < -0.39 is 16.8 Å². The molecular formula is C43H52N4O6. The van der Waals surface area contributed by atoms with Gasteiger partial charge in [-0.3, -0.25) is 19.4 Å². The fraction of sp³-hybridized carbons (Fsp3) is 0.535. The highest BCUT2D eigenvalue weighted by atomic mass is 16.5. The Morgan fingerprint density at radius 1 is 1.04 bits per heavy atom. The van der Waals surface area contributed by atoms with Crippen molar-refractivity contribution in [2.45, 2.75) is 75.8 Å².